The van der Waals surface area contributed by atoms with E-state index in [1.54, 1.807) is 18.2 Å². The summed E-state index contributed by atoms with van der Waals surface area (Å²) in [6, 6.07) is 8.03. The predicted octanol–water partition coefficient (Wildman–Crippen LogP) is 2.15. The van der Waals surface area contributed by atoms with Gasteiger partial charge in [0.2, 0.25) is 5.91 Å². The second-order valence-corrected chi connectivity index (χ2v) is 4.78. The summed E-state index contributed by atoms with van der Waals surface area (Å²) in [6.07, 6.45) is 0. The van der Waals surface area contributed by atoms with E-state index in [4.69, 9.17) is 0 Å². The first kappa shape index (κ1) is 14.0. The Balaban J connectivity index is 2.51. The number of aromatic nitrogens is 1. The minimum absolute atomic E-state index is 0.292. The summed E-state index contributed by atoms with van der Waals surface area (Å²) in [6.45, 7) is 3.25. The van der Waals surface area contributed by atoms with Crippen molar-refractivity contribution < 1.29 is 14.7 Å². The molecule has 1 amide bonds. The van der Waals surface area contributed by atoms with Gasteiger partial charge in [0.1, 0.15) is 0 Å². The highest BCUT2D eigenvalue weighted by Crippen LogP contribution is 2.24. The molecule has 1 aromatic heterocycles. The van der Waals surface area contributed by atoms with Crippen molar-refractivity contribution in [3.05, 3.63) is 41.6 Å². The molecule has 20 heavy (non-hydrogen) atoms. The quantitative estimate of drug-likeness (QED) is 0.929. The van der Waals surface area contributed by atoms with Gasteiger partial charge in [-0.2, -0.15) is 0 Å². The molecule has 5 nitrogen and oxygen atoms in total. The van der Waals surface area contributed by atoms with Gasteiger partial charge < -0.3 is 10.0 Å². The van der Waals surface area contributed by atoms with E-state index in [9.17, 15) is 14.7 Å². The smallest absolute Gasteiger partial charge is 0.331 e. The molecule has 104 valence electrons. The number of fused-ring (bicyclic) bond motifs is 1. The SMILES string of the molecule is CC(=O)N(C)C(C(=O)O)c1ccc2nc(C)ccc2c1. The van der Waals surface area contributed by atoms with Gasteiger partial charge in [0.05, 0.1) is 5.52 Å². The summed E-state index contributed by atoms with van der Waals surface area (Å²) in [5, 5.41) is 10.2. The summed E-state index contributed by atoms with van der Waals surface area (Å²) in [7, 11) is 1.48. The first-order valence-corrected chi connectivity index (χ1v) is 6.23. The Morgan fingerprint density at radius 1 is 1.25 bits per heavy atom. The van der Waals surface area contributed by atoms with Crippen LogP contribution in [0.25, 0.3) is 10.9 Å². The van der Waals surface area contributed by atoms with Crippen molar-refractivity contribution in [1.29, 1.82) is 0 Å². The topological polar surface area (TPSA) is 70.5 Å². The summed E-state index contributed by atoms with van der Waals surface area (Å²) >= 11 is 0. The number of likely N-dealkylation sites (N-methyl/N-ethyl adjacent to an activating group) is 1. The standard InChI is InChI=1S/C15H16N2O3/c1-9-4-5-11-8-12(6-7-13(11)16-9)14(15(19)20)17(3)10(2)18/h4-8,14H,1-3H3,(H,19,20). The molecule has 2 rings (SSSR count). The van der Waals surface area contributed by atoms with Crippen LogP contribution in [0.1, 0.15) is 24.2 Å². The van der Waals surface area contributed by atoms with Crippen molar-refractivity contribution in [1.82, 2.24) is 9.88 Å². The van der Waals surface area contributed by atoms with Crippen LogP contribution in [0.15, 0.2) is 30.3 Å². The van der Waals surface area contributed by atoms with Crippen LogP contribution in [0.4, 0.5) is 0 Å². The molecule has 1 aromatic carbocycles. The van der Waals surface area contributed by atoms with Gasteiger partial charge in [-0.3, -0.25) is 9.78 Å². The minimum atomic E-state index is -1.05. The maximum atomic E-state index is 11.4. The number of amides is 1. The molecule has 0 saturated carbocycles. The van der Waals surface area contributed by atoms with Gasteiger partial charge >= 0.3 is 5.97 Å². The number of rotatable bonds is 3. The highest BCUT2D eigenvalue weighted by molar-refractivity contribution is 5.86. The van der Waals surface area contributed by atoms with E-state index in [1.165, 1.54) is 18.9 Å². The zero-order valence-electron chi connectivity index (χ0n) is 11.6. The second kappa shape index (κ2) is 5.28. The number of hydrogen-bond acceptors (Lipinski definition) is 3. The third-order valence-electron chi connectivity index (χ3n) is 3.29. The number of carbonyl (C=O) groups is 2. The molecule has 5 heteroatoms. The molecule has 0 fully saturated rings. The van der Waals surface area contributed by atoms with Crippen LogP contribution < -0.4 is 0 Å². The van der Waals surface area contributed by atoms with Crippen molar-refractivity contribution in [3.8, 4) is 0 Å². The molecule has 0 aliphatic heterocycles. The van der Waals surface area contributed by atoms with Gasteiger partial charge in [-0.15, -0.1) is 0 Å². The van der Waals surface area contributed by atoms with E-state index in [0.717, 1.165) is 16.6 Å². The average molecular weight is 272 g/mol. The van der Waals surface area contributed by atoms with Crippen LogP contribution in [0.5, 0.6) is 0 Å². The van der Waals surface area contributed by atoms with Crippen LogP contribution in [0.2, 0.25) is 0 Å². The Bertz CT molecular complexity index is 682. The zero-order chi connectivity index (χ0) is 14.9. The number of benzene rings is 1. The number of aliphatic carboxylic acids is 1. The Morgan fingerprint density at radius 2 is 1.95 bits per heavy atom. The van der Waals surface area contributed by atoms with Crippen LogP contribution in [-0.4, -0.2) is 33.9 Å². The van der Waals surface area contributed by atoms with Crippen molar-refractivity contribution in [2.24, 2.45) is 0 Å². The van der Waals surface area contributed by atoms with Gasteiger partial charge in [0.15, 0.2) is 6.04 Å². The molecule has 1 unspecified atom stereocenters. The van der Waals surface area contributed by atoms with Crippen LogP contribution in [0, 0.1) is 6.92 Å². The second-order valence-electron chi connectivity index (χ2n) is 4.78. The lowest BCUT2D eigenvalue weighted by molar-refractivity contribution is -0.148. The van der Waals surface area contributed by atoms with E-state index >= 15 is 0 Å². The fourth-order valence-electron chi connectivity index (χ4n) is 2.13. The monoisotopic (exact) mass is 272 g/mol. The summed E-state index contributed by atoms with van der Waals surface area (Å²) in [5.41, 5.74) is 2.28. The zero-order valence-corrected chi connectivity index (χ0v) is 11.6. The number of aryl methyl sites for hydroxylation is 1. The Kier molecular flexibility index (Phi) is 3.70. The fourth-order valence-corrected chi connectivity index (χ4v) is 2.13. The molecule has 0 radical (unpaired) electrons. The van der Waals surface area contributed by atoms with Crippen molar-refractivity contribution in [3.63, 3.8) is 0 Å². The summed E-state index contributed by atoms with van der Waals surface area (Å²) in [4.78, 5) is 28.4. The van der Waals surface area contributed by atoms with E-state index in [2.05, 4.69) is 4.98 Å². The largest absolute Gasteiger partial charge is 0.479 e. The Morgan fingerprint density at radius 3 is 2.55 bits per heavy atom. The fraction of sp³-hybridized carbons (Fsp3) is 0.267. The molecular formula is C15H16N2O3. The maximum Gasteiger partial charge on any atom is 0.331 e. The van der Waals surface area contributed by atoms with Gasteiger partial charge in [-0.25, -0.2) is 4.79 Å². The first-order chi connectivity index (χ1) is 9.40. The molecule has 0 saturated heterocycles. The van der Waals surface area contributed by atoms with Gasteiger partial charge in [0.25, 0.3) is 0 Å². The lowest BCUT2D eigenvalue weighted by Crippen LogP contribution is -2.34. The third kappa shape index (κ3) is 2.61. The molecular weight excluding hydrogens is 256 g/mol. The highest BCUT2D eigenvalue weighted by Gasteiger charge is 2.26. The first-order valence-electron chi connectivity index (χ1n) is 6.23. The van der Waals surface area contributed by atoms with E-state index in [0.29, 0.717) is 5.56 Å². The lowest BCUT2D eigenvalue weighted by Gasteiger charge is -2.24. The normalized spacial score (nSPS) is 12.2. The Hall–Kier alpha value is -2.43. The molecule has 2 aromatic rings. The molecule has 0 bridgehead atoms. The van der Waals surface area contributed by atoms with E-state index < -0.39 is 12.0 Å². The van der Waals surface area contributed by atoms with Gasteiger partial charge in [-0.1, -0.05) is 12.1 Å². The average Bonchev–Trinajstić information content (AvgIpc) is 2.38. The van der Waals surface area contributed by atoms with Crippen molar-refractivity contribution >= 4 is 22.8 Å². The molecule has 1 N–H and O–H groups in total. The van der Waals surface area contributed by atoms with Crippen molar-refractivity contribution in [2.45, 2.75) is 19.9 Å². The summed E-state index contributed by atoms with van der Waals surface area (Å²) in [5.74, 6) is -1.35. The van der Waals surface area contributed by atoms with E-state index in [-0.39, 0.29) is 5.91 Å². The van der Waals surface area contributed by atoms with Crippen molar-refractivity contribution in [2.75, 3.05) is 7.05 Å². The van der Waals surface area contributed by atoms with Crippen LogP contribution in [-0.2, 0) is 9.59 Å². The molecule has 1 atom stereocenters. The molecule has 0 aliphatic carbocycles. The van der Waals surface area contributed by atoms with Gasteiger partial charge in [-0.05, 0) is 30.7 Å². The Labute approximate surface area is 116 Å². The number of pyridine rings is 1. The van der Waals surface area contributed by atoms with E-state index in [1.807, 2.05) is 19.1 Å². The molecule has 0 spiro atoms. The van der Waals surface area contributed by atoms with Crippen LogP contribution in [0.3, 0.4) is 0 Å². The number of hydrogen-bond donors (Lipinski definition) is 1. The number of nitrogens with zero attached hydrogens (tertiary/aromatic N) is 2. The minimum Gasteiger partial charge on any atom is -0.479 e. The molecule has 0 aliphatic rings. The number of carboxylic acids is 1. The third-order valence-corrected chi connectivity index (χ3v) is 3.29. The number of carboxylic acid groups (broad SMARTS) is 1. The lowest BCUT2D eigenvalue weighted by atomic mass is 10.0. The highest BCUT2D eigenvalue weighted by atomic mass is 16.4. The van der Waals surface area contributed by atoms with Crippen LogP contribution >= 0.6 is 0 Å². The van der Waals surface area contributed by atoms with Gasteiger partial charge in [0, 0.05) is 25.1 Å². The number of carbonyl (C=O) groups excluding carboxylic acids is 1. The summed E-state index contributed by atoms with van der Waals surface area (Å²) < 4.78 is 0. The predicted molar refractivity (Wildman–Crippen MR) is 75.3 cm³/mol. The maximum absolute atomic E-state index is 11.4. The molecule has 1 heterocycles.